The van der Waals surface area contributed by atoms with E-state index in [1.165, 1.54) is 44.6 Å². The molecule has 4 saturated carbocycles. The van der Waals surface area contributed by atoms with Crippen molar-refractivity contribution >= 4 is 28.8 Å². The molecular weight excluding hydrogens is 347 g/mol. The number of nitrogens with one attached hydrogen (secondary N) is 2. The molecule has 136 valence electrons. The Hall–Kier alpha value is -1.95. The number of hydrogen-bond acceptors (Lipinski definition) is 2. The van der Waals surface area contributed by atoms with Crippen LogP contribution in [0, 0.1) is 23.6 Å². The van der Waals surface area contributed by atoms with Gasteiger partial charge in [0.2, 0.25) is 0 Å². The highest BCUT2D eigenvalue weighted by Crippen LogP contribution is 2.58. The Bertz CT molecular complexity index is 811. The van der Waals surface area contributed by atoms with Crippen LogP contribution in [0.2, 0.25) is 0 Å². The highest BCUT2D eigenvalue weighted by Gasteiger charge is 2.52. The third-order valence-corrected chi connectivity index (χ3v) is 6.65. The molecule has 0 saturated heterocycles. The van der Waals surface area contributed by atoms with Crippen molar-refractivity contribution in [3.05, 3.63) is 42.3 Å². The summed E-state index contributed by atoms with van der Waals surface area (Å²) in [4.78, 5) is 0. The molecule has 4 aliphatic rings. The number of aromatic nitrogens is 2. The summed E-state index contributed by atoms with van der Waals surface area (Å²) < 4.78 is 15.9. The van der Waals surface area contributed by atoms with Gasteiger partial charge in [-0.3, -0.25) is 4.68 Å². The van der Waals surface area contributed by atoms with E-state index in [2.05, 4.69) is 21.5 Å². The lowest BCUT2D eigenvalue weighted by Crippen LogP contribution is -2.52. The molecule has 0 unspecified atom stereocenters. The van der Waals surface area contributed by atoms with E-state index in [0.717, 1.165) is 23.6 Å². The van der Waals surface area contributed by atoms with Gasteiger partial charge in [0.1, 0.15) is 5.82 Å². The topological polar surface area (TPSA) is 41.9 Å². The SMILES string of the molecule is Fc1ccccc1NC(=S)Nc1ccn(C23CC4CC(CC(C4)C2)C3)n1. The molecule has 0 spiro atoms. The number of halogens is 1. The Kier molecular flexibility index (Phi) is 3.78. The number of rotatable bonds is 3. The fourth-order valence-electron chi connectivity index (χ4n) is 5.83. The highest BCUT2D eigenvalue weighted by atomic mass is 32.1. The van der Waals surface area contributed by atoms with Gasteiger partial charge in [-0.2, -0.15) is 5.10 Å². The Morgan fingerprint density at radius 3 is 2.35 bits per heavy atom. The van der Waals surface area contributed by atoms with E-state index in [9.17, 15) is 4.39 Å². The van der Waals surface area contributed by atoms with Crippen LogP contribution in [0.15, 0.2) is 36.5 Å². The summed E-state index contributed by atoms with van der Waals surface area (Å²) in [5.41, 5.74) is 0.570. The van der Waals surface area contributed by atoms with Crippen LogP contribution >= 0.6 is 12.2 Å². The average molecular weight is 370 g/mol. The predicted molar refractivity (Wildman–Crippen MR) is 105 cm³/mol. The van der Waals surface area contributed by atoms with E-state index < -0.39 is 0 Å². The largest absolute Gasteiger partial charge is 0.330 e. The molecule has 6 heteroatoms. The van der Waals surface area contributed by atoms with Crippen molar-refractivity contribution in [3.8, 4) is 0 Å². The molecule has 4 nitrogen and oxygen atoms in total. The molecule has 26 heavy (non-hydrogen) atoms. The second-order valence-electron chi connectivity index (χ2n) is 8.35. The Labute approximate surface area is 158 Å². The normalized spacial score (nSPS) is 31.8. The monoisotopic (exact) mass is 370 g/mol. The van der Waals surface area contributed by atoms with Gasteiger partial charge in [-0.1, -0.05) is 12.1 Å². The van der Waals surface area contributed by atoms with E-state index >= 15 is 0 Å². The lowest BCUT2D eigenvalue weighted by molar-refractivity contribution is -0.0492. The van der Waals surface area contributed by atoms with Crippen LogP contribution in [-0.4, -0.2) is 14.9 Å². The molecule has 1 heterocycles. The number of hydrogen-bond donors (Lipinski definition) is 2. The van der Waals surface area contributed by atoms with Crippen LogP contribution in [0.25, 0.3) is 0 Å². The lowest BCUT2D eigenvalue weighted by atomic mass is 9.53. The molecular formula is C20H23FN4S. The van der Waals surface area contributed by atoms with Gasteiger partial charge in [0.15, 0.2) is 10.9 Å². The molecule has 4 fully saturated rings. The maximum absolute atomic E-state index is 13.7. The van der Waals surface area contributed by atoms with Crippen LogP contribution in [0.3, 0.4) is 0 Å². The number of para-hydroxylation sites is 1. The summed E-state index contributed by atoms with van der Waals surface area (Å²) >= 11 is 5.32. The fraction of sp³-hybridized carbons (Fsp3) is 0.500. The van der Waals surface area contributed by atoms with E-state index in [-0.39, 0.29) is 11.4 Å². The summed E-state index contributed by atoms with van der Waals surface area (Å²) in [7, 11) is 0. The molecule has 4 bridgehead atoms. The van der Waals surface area contributed by atoms with Crippen molar-refractivity contribution in [3.63, 3.8) is 0 Å². The number of anilines is 2. The molecule has 0 atom stereocenters. The first-order chi connectivity index (χ1) is 12.6. The third kappa shape index (κ3) is 2.80. The van der Waals surface area contributed by atoms with Crippen LogP contribution in [-0.2, 0) is 5.54 Å². The van der Waals surface area contributed by atoms with Crippen molar-refractivity contribution < 1.29 is 4.39 Å². The lowest BCUT2D eigenvalue weighted by Gasteiger charge is -2.56. The highest BCUT2D eigenvalue weighted by molar-refractivity contribution is 7.80. The molecule has 0 radical (unpaired) electrons. The minimum absolute atomic E-state index is 0.204. The quantitative estimate of drug-likeness (QED) is 0.765. The summed E-state index contributed by atoms with van der Waals surface area (Å²) in [5.74, 6) is 3.03. The smallest absolute Gasteiger partial charge is 0.176 e. The average Bonchev–Trinajstić information content (AvgIpc) is 3.05. The third-order valence-electron chi connectivity index (χ3n) is 6.44. The van der Waals surface area contributed by atoms with Crippen LogP contribution in [0.5, 0.6) is 0 Å². The van der Waals surface area contributed by atoms with Crippen molar-refractivity contribution in [1.29, 1.82) is 0 Å². The van der Waals surface area contributed by atoms with Gasteiger partial charge in [-0.25, -0.2) is 4.39 Å². The van der Waals surface area contributed by atoms with Crippen LogP contribution in [0.4, 0.5) is 15.9 Å². The van der Waals surface area contributed by atoms with Gasteiger partial charge < -0.3 is 10.6 Å². The van der Waals surface area contributed by atoms with E-state index in [1.807, 2.05) is 6.07 Å². The first-order valence-corrected chi connectivity index (χ1v) is 9.89. The molecule has 6 rings (SSSR count). The second-order valence-corrected chi connectivity index (χ2v) is 8.75. The van der Waals surface area contributed by atoms with Crippen molar-refractivity contribution in [2.24, 2.45) is 17.8 Å². The molecule has 2 N–H and O–H groups in total. The maximum atomic E-state index is 13.7. The first kappa shape index (κ1) is 16.2. The van der Waals surface area contributed by atoms with Crippen molar-refractivity contribution in [1.82, 2.24) is 9.78 Å². The summed E-state index contributed by atoms with van der Waals surface area (Å²) in [6.45, 7) is 0. The Morgan fingerprint density at radius 1 is 1.04 bits per heavy atom. The molecule has 1 aromatic heterocycles. The summed E-state index contributed by atoms with van der Waals surface area (Å²) in [5, 5.41) is 11.1. The van der Waals surface area contributed by atoms with Gasteiger partial charge in [0.05, 0.1) is 11.2 Å². The summed E-state index contributed by atoms with van der Waals surface area (Å²) in [6.07, 6.45) is 10.1. The van der Waals surface area contributed by atoms with Gasteiger partial charge in [0.25, 0.3) is 0 Å². The fourth-order valence-corrected chi connectivity index (χ4v) is 6.05. The Balaban J connectivity index is 1.30. The number of thiocarbonyl (C=S) groups is 1. The molecule has 2 aromatic rings. The zero-order chi connectivity index (χ0) is 17.7. The molecule has 0 aliphatic heterocycles. The predicted octanol–water partition coefficient (Wildman–Crippen LogP) is 4.76. The van der Waals surface area contributed by atoms with Gasteiger partial charge >= 0.3 is 0 Å². The zero-order valence-corrected chi connectivity index (χ0v) is 15.4. The second kappa shape index (κ2) is 6.05. The van der Waals surface area contributed by atoms with Crippen LogP contribution < -0.4 is 10.6 Å². The molecule has 1 aromatic carbocycles. The number of nitrogens with zero attached hydrogens (tertiary/aromatic N) is 2. The van der Waals surface area contributed by atoms with Crippen molar-refractivity contribution in [2.75, 3.05) is 10.6 Å². The minimum atomic E-state index is -0.323. The van der Waals surface area contributed by atoms with Crippen LogP contribution in [0.1, 0.15) is 38.5 Å². The standard InChI is InChI=1S/C20H23FN4S/c21-16-3-1-2-4-17(16)22-19(26)23-18-5-6-25(24-18)20-10-13-7-14(11-20)9-15(8-13)12-20/h1-6,13-15H,7-12H2,(H2,22,23,24,26). The Morgan fingerprint density at radius 2 is 1.69 bits per heavy atom. The zero-order valence-electron chi connectivity index (χ0n) is 14.6. The van der Waals surface area contributed by atoms with Gasteiger partial charge in [0, 0.05) is 12.3 Å². The van der Waals surface area contributed by atoms with E-state index in [0.29, 0.717) is 10.8 Å². The maximum Gasteiger partial charge on any atom is 0.176 e. The minimum Gasteiger partial charge on any atom is -0.330 e. The van der Waals surface area contributed by atoms with E-state index in [4.69, 9.17) is 17.3 Å². The first-order valence-electron chi connectivity index (χ1n) is 9.48. The molecule has 4 aliphatic carbocycles. The summed E-state index contributed by atoms with van der Waals surface area (Å²) in [6, 6.07) is 8.47. The van der Waals surface area contributed by atoms with Crippen molar-refractivity contribution in [2.45, 2.75) is 44.1 Å². The van der Waals surface area contributed by atoms with E-state index in [1.54, 1.807) is 18.2 Å². The number of benzene rings is 1. The molecule has 0 amide bonds. The van der Waals surface area contributed by atoms with Gasteiger partial charge in [-0.15, -0.1) is 0 Å². The van der Waals surface area contributed by atoms with Gasteiger partial charge in [-0.05, 0) is 80.6 Å².